The molecule has 2 nitrogen and oxygen atoms in total. The summed E-state index contributed by atoms with van der Waals surface area (Å²) in [5, 5.41) is 2.98. The van der Waals surface area contributed by atoms with E-state index in [-0.39, 0.29) is 11.7 Å². The molecular formula is C24H22FNOS. The molecule has 142 valence electrons. The number of nitrogens with one attached hydrogen (secondary N) is 1. The van der Waals surface area contributed by atoms with Crippen LogP contribution >= 0.6 is 11.8 Å². The van der Waals surface area contributed by atoms with Crippen molar-refractivity contribution in [3.8, 4) is 0 Å². The SMILES string of the molecule is O=C(NCCSCc1ccccc1F)/C(=C/c1ccccc1)c1ccccc1. The zero-order valence-electron chi connectivity index (χ0n) is 15.5. The minimum absolute atomic E-state index is 0.110. The van der Waals surface area contributed by atoms with Gasteiger partial charge in [0, 0.05) is 23.6 Å². The second-order valence-corrected chi connectivity index (χ2v) is 7.34. The van der Waals surface area contributed by atoms with Crippen molar-refractivity contribution < 1.29 is 9.18 Å². The fraction of sp³-hybridized carbons (Fsp3) is 0.125. The first-order valence-corrected chi connectivity index (χ1v) is 10.3. The number of carbonyl (C=O) groups excluding carboxylic acids is 1. The molecule has 0 fully saturated rings. The molecule has 1 N–H and O–H groups in total. The van der Waals surface area contributed by atoms with Gasteiger partial charge in [-0.3, -0.25) is 4.79 Å². The smallest absolute Gasteiger partial charge is 0.251 e. The van der Waals surface area contributed by atoms with Crippen molar-refractivity contribution in [1.29, 1.82) is 0 Å². The third kappa shape index (κ3) is 5.83. The third-order valence-electron chi connectivity index (χ3n) is 4.19. The van der Waals surface area contributed by atoms with Crippen LogP contribution in [0.1, 0.15) is 16.7 Å². The summed E-state index contributed by atoms with van der Waals surface area (Å²) < 4.78 is 13.6. The van der Waals surface area contributed by atoms with E-state index in [4.69, 9.17) is 0 Å². The molecule has 0 aliphatic rings. The third-order valence-corrected chi connectivity index (χ3v) is 5.20. The molecule has 4 heteroatoms. The molecule has 0 saturated carbocycles. The highest BCUT2D eigenvalue weighted by atomic mass is 32.2. The fourth-order valence-electron chi connectivity index (χ4n) is 2.74. The van der Waals surface area contributed by atoms with E-state index in [0.29, 0.717) is 29.2 Å². The summed E-state index contributed by atoms with van der Waals surface area (Å²) in [4.78, 5) is 12.8. The van der Waals surface area contributed by atoms with Gasteiger partial charge in [-0.15, -0.1) is 0 Å². The minimum Gasteiger partial charge on any atom is -0.351 e. The highest BCUT2D eigenvalue weighted by Crippen LogP contribution is 2.19. The molecular weight excluding hydrogens is 369 g/mol. The van der Waals surface area contributed by atoms with Gasteiger partial charge < -0.3 is 5.32 Å². The fourth-order valence-corrected chi connectivity index (χ4v) is 3.59. The predicted molar refractivity (Wildman–Crippen MR) is 116 cm³/mol. The summed E-state index contributed by atoms with van der Waals surface area (Å²) in [7, 11) is 0. The number of halogens is 1. The highest BCUT2D eigenvalue weighted by molar-refractivity contribution is 7.98. The Morgan fingerprint density at radius 2 is 1.54 bits per heavy atom. The Morgan fingerprint density at radius 3 is 2.25 bits per heavy atom. The van der Waals surface area contributed by atoms with Crippen molar-refractivity contribution in [2.75, 3.05) is 12.3 Å². The Kier molecular flexibility index (Phi) is 7.44. The minimum atomic E-state index is -0.184. The van der Waals surface area contributed by atoms with Gasteiger partial charge in [0.15, 0.2) is 0 Å². The van der Waals surface area contributed by atoms with E-state index in [0.717, 1.165) is 11.1 Å². The molecule has 1 amide bonds. The van der Waals surface area contributed by atoms with Crippen LogP contribution < -0.4 is 5.32 Å². The van der Waals surface area contributed by atoms with Gasteiger partial charge in [-0.1, -0.05) is 78.9 Å². The van der Waals surface area contributed by atoms with Crippen LogP contribution in [-0.4, -0.2) is 18.2 Å². The molecule has 3 aromatic rings. The molecule has 0 aliphatic heterocycles. The zero-order chi connectivity index (χ0) is 19.6. The van der Waals surface area contributed by atoms with E-state index in [1.54, 1.807) is 23.9 Å². The quantitative estimate of drug-likeness (QED) is 0.316. The molecule has 0 saturated heterocycles. The van der Waals surface area contributed by atoms with Crippen LogP contribution in [0.2, 0.25) is 0 Å². The molecule has 0 aliphatic carbocycles. The average Bonchev–Trinajstić information content (AvgIpc) is 2.74. The number of hydrogen-bond acceptors (Lipinski definition) is 2. The van der Waals surface area contributed by atoms with E-state index < -0.39 is 0 Å². The molecule has 28 heavy (non-hydrogen) atoms. The first kappa shape index (κ1) is 19.9. The first-order valence-electron chi connectivity index (χ1n) is 9.15. The number of hydrogen-bond donors (Lipinski definition) is 1. The Hall–Kier alpha value is -2.85. The number of rotatable bonds is 8. The summed E-state index contributed by atoms with van der Waals surface area (Å²) >= 11 is 1.60. The Morgan fingerprint density at radius 1 is 0.893 bits per heavy atom. The van der Waals surface area contributed by atoms with Crippen molar-refractivity contribution in [2.24, 2.45) is 0 Å². The summed E-state index contributed by atoms with van der Waals surface area (Å²) in [6, 6.07) is 26.2. The Bertz CT molecular complexity index is 926. The molecule has 0 spiro atoms. The maximum atomic E-state index is 13.6. The average molecular weight is 392 g/mol. The number of carbonyl (C=O) groups is 1. The van der Waals surface area contributed by atoms with Crippen LogP contribution in [0.5, 0.6) is 0 Å². The van der Waals surface area contributed by atoms with E-state index in [1.165, 1.54) is 6.07 Å². The predicted octanol–water partition coefficient (Wildman–Crippen LogP) is 5.42. The van der Waals surface area contributed by atoms with Crippen molar-refractivity contribution in [1.82, 2.24) is 5.32 Å². The van der Waals surface area contributed by atoms with Crippen LogP contribution in [0.4, 0.5) is 4.39 Å². The molecule has 0 atom stereocenters. The van der Waals surface area contributed by atoms with Gasteiger partial charge in [0.05, 0.1) is 0 Å². The van der Waals surface area contributed by atoms with Crippen molar-refractivity contribution in [3.63, 3.8) is 0 Å². The van der Waals surface area contributed by atoms with E-state index in [9.17, 15) is 9.18 Å². The number of amides is 1. The molecule has 0 heterocycles. The maximum absolute atomic E-state index is 13.6. The first-order chi connectivity index (χ1) is 13.7. The van der Waals surface area contributed by atoms with Gasteiger partial charge in [0.25, 0.3) is 5.91 Å². The van der Waals surface area contributed by atoms with E-state index in [1.807, 2.05) is 72.8 Å². The van der Waals surface area contributed by atoms with Gasteiger partial charge in [-0.2, -0.15) is 11.8 Å². The topological polar surface area (TPSA) is 29.1 Å². The molecule has 3 rings (SSSR count). The van der Waals surface area contributed by atoms with Crippen molar-refractivity contribution in [2.45, 2.75) is 5.75 Å². The van der Waals surface area contributed by atoms with Gasteiger partial charge in [0.2, 0.25) is 0 Å². The van der Waals surface area contributed by atoms with E-state index >= 15 is 0 Å². The largest absolute Gasteiger partial charge is 0.351 e. The number of benzene rings is 3. The lowest BCUT2D eigenvalue weighted by atomic mass is 10.0. The van der Waals surface area contributed by atoms with Crippen LogP contribution in [-0.2, 0) is 10.5 Å². The van der Waals surface area contributed by atoms with Crippen molar-refractivity contribution in [3.05, 3.63) is 107 Å². The second-order valence-electron chi connectivity index (χ2n) is 6.23. The van der Waals surface area contributed by atoms with Crippen LogP contribution in [0, 0.1) is 5.82 Å². The summed E-state index contributed by atoms with van der Waals surface area (Å²) in [5.41, 5.74) is 3.17. The summed E-state index contributed by atoms with van der Waals surface area (Å²) in [6.07, 6.45) is 1.90. The lowest BCUT2D eigenvalue weighted by Crippen LogP contribution is -2.26. The summed E-state index contributed by atoms with van der Waals surface area (Å²) in [5.74, 6) is 1.01. The Labute approximate surface area is 169 Å². The van der Waals surface area contributed by atoms with Gasteiger partial charge in [-0.25, -0.2) is 4.39 Å². The lowest BCUT2D eigenvalue weighted by molar-refractivity contribution is -0.115. The Balaban J connectivity index is 1.59. The zero-order valence-corrected chi connectivity index (χ0v) is 16.3. The molecule has 0 aromatic heterocycles. The second kappa shape index (κ2) is 10.5. The molecule has 0 bridgehead atoms. The van der Waals surface area contributed by atoms with Crippen LogP contribution in [0.15, 0.2) is 84.9 Å². The molecule has 3 aromatic carbocycles. The lowest BCUT2D eigenvalue weighted by Gasteiger charge is -2.10. The molecule has 0 radical (unpaired) electrons. The van der Waals surface area contributed by atoms with Gasteiger partial charge >= 0.3 is 0 Å². The van der Waals surface area contributed by atoms with E-state index in [2.05, 4.69) is 5.32 Å². The van der Waals surface area contributed by atoms with Crippen LogP contribution in [0.3, 0.4) is 0 Å². The monoisotopic (exact) mass is 391 g/mol. The van der Waals surface area contributed by atoms with Crippen molar-refractivity contribution >= 4 is 29.3 Å². The number of thioether (sulfide) groups is 1. The summed E-state index contributed by atoms with van der Waals surface area (Å²) in [6.45, 7) is 0.525. The maximum Gasteiger partial charge on any atom is 0.251 e. The normalized spacial score (nSPS) is 11.2. The highest BCUT2D eigenvalue weighted by Gasteiger charge is 2.11. The van der Waals surface area contributed by atoms with Crippen LogP contribution in [0.25, 0.3) is 11.6 Å². The standard InChI is InChI=1S/C24H22FNOS/c25-23-14-8-7-13-21(23)18-28-16-15-26-24(27)22(20-11-5-2-6-12-20)17-19-9-3-1-4-10-19/h1-14,17H,15-16,18H2,(H,26,27)/b22-17+. The van der Waals surface area contributed by atoms with Gasteiger partial charge in [0.1, 0.15) is 5.82 Å². The molecule has 0 unspecified atom stereocenters. The van der Waals surface area contributed by atoms with Gasteiger partial charge in [-0.05, 0) is 28.8 Å².